The van der Waals surface area contributed by atoms with Crippen molar-refractivity contribution in [3.8, 4) is 5.75 Å². The van der Waals surface area contributed by atoms with E-state index in [1.54, 1.807) is 25.3 Å². The maximum Gasteiger partial charge on any atom is 0.262 e. The van der Waals surface area contributed by atoms with E-state index in [1.807, 2.05) is 24.3 Å². The van der Waals surface area contributed by atoms with E-state index in [0.717, 1.165) is 5.56 Å². The standard InChI is InChI=1S/C31H32F2N4O4/c1-40-25-12-8-22(9-13-25)28-20-29(23-6-10-24(32)11-7-23)37(34-28)30(38)21-36(15-14-35-16-18-41-19-17-35)31(39)26-4-2-3-5-27(26)33/h2-13,29H,14-21H2,1H3. The van der Waals surface area contributed by atoms with Crippen LogP contribution in [0.1, 0.15) is 33.9 Å². The summed E-state index contributed by atoms with van der Waals surface area (Å²) < 4.78 is 39.0. The van der Waals surface area contributed by atoms with E-state index in [2.05, 4.69) is 10.0 Å². The van der Waals surface area contributed by atoms with Gasteiger partial charge in [-0.1, -0.05) is 24.3 Å². The number of amides is 2. The minimum atomic E-state index is -0.647. The molecule has 2 heterocycles. The summed E-state index contributed by atoms with van der Waals surface area (Å²) in [5.41, 5.74) is 2.11. The van der Waals surface area contributed by atoms with Crippen molar-refractivity contribution in [2.75, 3.05) is 53.0 Å². The first-order valence-corrected chi connectivity index (χ1v) is 13.6. The molecule has 1 fully saturated rings. The maximum atomic E-state index is 14.6. The zero-order chi connectivity index (χ0) is 28.8. The van der Waals surface area contributed by atoms with Gasteiger partial charge >= 0.3 is 0 Å². The smallest absolute Gasteiger partial charge is 0.262 e. The molecule has 214 valence electrons. The van der Waals surface area contributed by atoms with E-state index in [0.29, 0.717) is 56.3 Å². The van der Waals surface area contributed by atoms with Crippen molar-refractivity contribution in [2.24, 2.45) is 5.10 Å². The molecule has 0 aliphatic carbocycles. The van der Waals surface area contributed by atoms with Gasteiger partial charge in [0, 0.05) is 32.6 Å². The zero-order valence-corrected chi connectivity index (χ0v) is 22.8. The molecule has 41 heavy (non-hydrogen) atoms. The van der Waals surface area contributed by atoms with E-state index in [9.17, 15) is 18.4 Å². The van der Waals surface area contributed by atoms with Crippen LogP contribution in [0.15, 0.2) is 77.9 Å². The highest BCUT2D eigenvalue weighted by molar-refractivity contribution is 6.04. The topological polar surface area (TPSA) is 74.7 Å². The van der Waals surface area contributed by atoms with Gasteiger partial charge in [0.1, 0.15) is 23.9 Å². The highest BCUT2D eigenvalue weighted by Gasteiger charge is 2.35. The largest absolute Gasteiger partial charge is 0.497 e. The van der Waals surface area contributed by atoms with Crippen LogP contribution in [-0.2, 0) is 9.53 Å². The number of methoxy groups -OCH3 is 1. The summed E-state index contributed by atoms with van der Waals surface area (Å²) in [6, 6.07) is 18.6. The van der Waals surface area contributed by atoms with Gasteiger partial charge in [0.05, 0.1) is 37.6 Å². The number of nitrogens with zero attached hydrogens (tertiary/aromatic N) is 4. The molecule has 1 unspecified atom stereocenters. The van der Waals surface area contributed by atoms with E-state index in [4.69, 9.17) is 9.47 Å². The predicted octanol–water partition coefficient (Wildman–Crippen LogP) is 4.13. The quantitative estimate of drug-likeness (QED) is 0.392. The summed E-state index contributed by atoms with van der Waals surface area (Å²) in [6.45, 7) is 3.05. The van der Waals surface area contributed by atoms with Crippen molar-refractivity contribution < 1.29 is 27.8 Å². The molecule has 10 heteroatoms. The molecule has 0 N–H and O–H groups in total. The zero-order valence-electron chi connectivity index (χ0n) is 22.8. The van der Waals surface area contributed by atoms with Crippen LogP contribution in [0.5, 0.6) is 5.75 Å². The minimum Gasteiger partial charge on any atom is -0.497 e. The lowest BCUT2D eigenvalue weighted by Crippen LogP contribution is -2.46. The van der Waals surface area contributed by atoms with Gasteiger partial charge < -0.3 is 14.4 Å². The lowest BCUT2D eigenvalue weighted by Gasteiger charge is -2.31. The molecule has 2 amide bonds. The number of carbonyl (C=O) groups excluding carboxylic acids is 2. The maximum absolute atomic E-state index is 14.6. The van der Waals surface area contributed by atoms with Crippen LogP contribution in [0.4, 0.5) is 8.78 Å². The van der Waals surface area contributed by atoms with E-state index < -0.39 is 23.7 Å². The fourth-order valence-corrected chi connectivity index (χ4v) is 5.02. The molecule has 1 saturated heterocycles. The van der Waals surface area contributed by atoms with Crippen LogP contribution in [0, 0.1) is 11.6 Å². The number of halogens is 2. The van der Waals surface area contributed by atoms with Crippen molar-refractivity contribution in [1.29, 1.82) is 0 Å². The van der Waals surface area contributed by atoms with Gasteiger partial charge in [-0.2, -0.15) is 5.10 Å². The van der Waals surface area contributed by atoms with Gasteiger partial charge in [-0.05, 0) is 59.7 Å². The SMILES string of the molecule is COc1ccc(C2=NN(C(=O)CN(CCN3CCOCC3)C(=O)c3ccccc3F)C(c3ccc(F)cc3)C2)cc1. The Morgan fingerprint density at radius 3 is 2.39 bits per heavy atom. The number of hydrogen-bond acceptors (Lipinski definition) is 6. The van der Waals surface area contributed by atoms with E-state index >= 15 is 0 Å². The Hall–Kier alpha value is -4.15. The van der Waals surface area contributed by atoms with Crippen molar-refractivity contribution in [3.05, 3.63) is 101 Å². The highest BCUT2D eigenvalue weighted by atomic mass is 19.1. The molecule has 2 aliphatic rings. The molecule has 0 aromatic heterocycles. The summed E-state index contributed by atoms with van der Waals surface area (Å²) >= 11 is 0. The first-order valence-electron chi connectivity index (χ1n) is 13.6. The third-order valence-electron chi connectivity index (χ3n) is 7.35. The molecule has 0 saturated carbocycles. The number of benzene rings is 3. The van der Waals surface area contributed by atoms with Crippen LogP contribution in [0.3, 0.4) is 0 Å². The molecular formula is C31H32F2N4O4. The van der Waals surface area contributed by atoms with E-state index in [-0.39, 0.29) is 24.5 Å². The molecule has 2 aliphatic heterocycles. The Kier molecular flexibility index (Phi) is 9.01. The molecule has 0 spiro atoms. The average Bonchev–Trinajstić information content (AvgIpc) is 3.46. The molecule has 0 radical (unpaired) electrons. The normalized spacial score (nSPS) is 17.3. The second-order valence-electron chi connectivity index (χ2n) is 9.95. The number of hydrogen-bond donors (Lipinski definition) is 0. The van der Waals surface area contributed by atoms with Gasteiger partial charge in [-0.25, -0.2) is 13.8 Å². The van der Waals surface area contributed by atoms with Crippen LogP contribution in [0.2, 0.25) is 0 Å². The fraction of sp³-hybridized carbons (Fsp3) is 0.323. The van der Waals surface area contributed by atoms with E-state index in [1.165, 1.54) is 40.2 Å². The molecule has 1 atom stereocenters. The Morgan fingerprint density at radius 2 is 1.71 bits per heavy atom. The van der Waals surface area contributed by atoms with Gasteiger partial charge in [0.25, 0.3) is 11.8 Å². The highest BCUT2D eigenvalue weighted by Crippen LogP contribution is 2.33. The van der Waals surface area contributed by atoms with Crippen LogP contribution in [-0.4, -0.2) is 85.4 Å². The third-order valence-corrected chi connectivity index (χ3v) is 7.35. The van der Waals surface area contributed by atoms with Gasteiger partial charge in [0.2, 0.25) is 0 Å². The minimum absolute atomic E-state index is 0.0961. The number of morpholine rings is 1. The Balaban J connectivity index is 1.42. The fourth-order valence-electron chi connectivity index (χ4n) is 5.02. The summed E-state index contributed by atoms with van der Waals surface area (Å²) in [7, 11) is 1.58. The number of ether oxygens (including phenoxy) is 2. The molecule has 3 aromatic carbocycles. The Morgan fingerprint density at radius 1 is 1.00 bits per heavy atom. The Labute approximate surface area is 237 Å². The number of carbonyl (C=O) groups is 2. The summed E-state index contributed by atoms with van der Waals surface area (Å²) in [5.74, 6) is -1.33. The molecular weight excluding hydrogens is 530 g/mol. The molecule has 5 rings (SSSR count). The van der Waals surface area contributed by atoms with Crippen molar-refractivity contribution in [2.45, 2.75) is 12.5 Å². The predicted molar refractivity (Wildman–Crippen MR) is 150 cm³/mol. The summed E-state index contributed by atoms with van der Waals surface area (Å²) in [6.07, 6.45) is 0.402. The lowest BCUT2D eigenvalue weighted by atomic mass is 9.98. The van der Waals surface area contributed by atoms with Crippen LogP contribution < -0.4 is 4.74 Å². The third kappa shape index (κ3) is 6.78. The van der Waals surface area contributed by atoms with Crippen LogP contribution in [0.25, 0.3) is 0 Å². The second-order valence-corrected chi connectivity index (χ2v) is 9.95. The second kappa shape index (κ2) is 13.0. The van der Waals surface area contributed by atoms with Crippen molar-refractivity contribution >= 4 is 17.5 Å². The lowest BCUT2D eigenvalue weighted by molar-refractivity contribution is -0.133. The summed E-state index contributed by atoms with van der Waals surface area (Å²) in [4.78, 5) is 30.9. The first-order chi connectivity index (χ1) is 19.9. The monoisotopic (exact) mass is 562 g/mol. The first kappa shape index (κ1) is 28.4. The van der Waals surface area contributed by atoms with Gasteiger partial charge in [-0.3, -0.25) is 14.5 Å². The molecule has 8 nitrogen and oxygen atoms in total. The van der Waals surface area contributed by atoms with Gasteiger partial charge in [-0.15, -0.1) is 0 Å². The number of rotatable bonds is 9. The number of hydrazone groups is 1. The van der Waals surface area contributed by atoms with Crippen LogP contribution >= 0.6 is 0 Å². The average molecular weight is 563 g/mol. The van der Waals surface area contributed by atoms with Gasteiger partial charge in [0.15, 0.2) is 0 Å². The van der Waals surface area contributed by atoms with Crippen molar-refractivity contribution in [3.63, 3.8) is 0 Å². The Bertz CT molecular complexity index is 1390. The molecule has 0 bridgehead atoms. The van der Waals surface area contributed by atoms with Crippen molar-refractivity contribution in [1.82, 2.24) is 14.8 Å². The summed E-state index contributed by atoms with van der Waals surface area (Å²) in [5, 5.41) is 6.04. The molecule has 3 aromatic rings.